The summed E-state index contributed by atoms with van der Waals surface area (Å²) in [5, 5.41) is 8.40. The van der Waals surface area contributed by atoms with Gasteiger partial charge < -0.3 is 20.7 Å². The predicted octanol–water partition coefficient (Wildman–Crippen LogP) is 3.12. The lowest BCUT2D eigenvalue weighted by Gasteiger charge is -2.12. The summed E-state index contributed by atoms with van der Waals surface area (Å²) in [4.78, 5) is 23.5. The van der Waals surface area contributed by atoms with Crippen LogP contribution in [0.2, 0.25) is 0 Å². The number of carbonyl (C=O) groups excluding carboxylic acids is 2. The summed E-state index contributed by atoms with van der Waals surface area (Å²) in [6, 6.07) is 6.88. The highest BCUT2D eigenvalue weighted by Gasteiger charge is 2.15. The van der Waals surface area contributed by atoms with Crippen LogP contribution in [0.1, 0.15) is 39.0 Å². The number of nitrogens with one attached hydrogen (secondary N) is 3. The summed E-state index contributed by atoms with van der Waals surface area (Å²) in [7, 11) is 0. The number of benzene rings is 1. The largest absolute Gasteiger partial charge is 0.378 e. The minimum atomic E-state index is -0.250. The van der Waals surface area contributed by atoms with Crippen LogP contribution in [0, 0.1) is 0 Å². The lowest BCUT2D eigenvalue weighted by Crippen LogP contribution is -2.31. The molecule has 6 heteroatoms. The highest BCUT2D eigenvalue weighted by atomic mass is 16.5. The van der Waals surface area contributed by atoms with E-state index in [-0.39, 0.29) is 18.0 Å². The van der Waals surface area contributed by atoms with Gasteiger partial charge in [0.2, 0.25) is 5.91 Å². The van der Waals surface area contributed by atoms with E-state index in [4.69, 9.17) is 4.74 Å². The zero-order valence-corrected chi connectivity index (χ0v) is 13.6. The van der Waals surface area contributed by atoms with Crippen LogP contribution < -0.4 is 16.0 Å². The van der Waals surface area contributed by atoms with Gasteiger partial charge in [0.05, 0.1) is 6.10 Å². The van der Waals surface area contributed by atoms with Crippen LogP contribution in [0.25, 0.3) is 0 Å². The minimum Gasteiger partial charge on any atom is -0.378 e. The maximum atomic E-state index is 11.9. The number of urea groups is 1. The van der Waals surface area contributed by atoms with Gasteiger partial charge in [0.15, 0.2) is 0 Å². The van der Waals surface area contributed by atoms with Gasteiger partial charge in [-0.3, -0.25) is 4.79 Å². The molecular weight excluding hydrogens is 294 g/mol. The molecule has 0 bridgehead atoms. The maximum absolute atomic E-state index is 11.9. The molecule has 0 aliphatic carbocycles. The highest BCUT2D eigenvalue weighted by molar-refractivity contribution is 5.93. The molecule has 2 rings (SSSR count). The Hall–Kier alpha value is -2.08. The van der Waals surface area contributed by atoms with Crippen molar-refractivity contribution in [3.63, 3.8) is 0 Å². The van der Waals surface area contributed by atoms with Crippen molar-refractivity contribution in [3.8, 4) is 0 Å². The van der Waals surface area contributed by atoms with Gasteiger partial charge in [0.1, 0.15) is 0 Å². The summed E-state index contributed by atoms with van der Waals surface area (Å²) >= 11 is 0. The monoisotopic (exact) mass is 319 g/mol. The number of amides is 3. The molecule has 0 aromatic heterocycles. The maximum Gasteiger partial charge on any atom is 0.319 e. The average molecular weight is 319 g/mol. The number of hydrogen-bond acceptors (Lipinski definition) is 3. The van der Waals surface area contributed by atoms with E-state index < -0.39 is 0 Å². The van der Waals surface area contributed by atoms with Crippen molar-refractivity contribution in [1.82, 2.24) is 5.32 Å². The van der Waals surface area contributed by atoms with Crippen LogP contribution in [0.3, 0.4) is 0 Å². The molecule has 0 spiro atoms. The third-order valence-corrected chi connectivity index (χ3v) is 3.66. The molecule has 3 amide bonds. The van der Waals surface area contributed by atoms with Crippen LogP contribution in [0.15, 0.2) is 24.3 Å². The lowest BCUT2D eigenvalue weighted by atomic mass is 10.2. The smallest absolute Gasteiger partial charge is 0.319 e. The van der Waals surface area contributed by atoms with Crippen LogP contribution >= 0.6 is 0 Å². The second-order valence-electron chi connectivity index (χ2n) is 5.68. The van der Waals surface area contributed by atoms with Crippen LogP contribution in [0.5, 0.6) is 0 Å². The van der Waals surface area contributed by atoms with E-state index in [9.17, 15) is 9.59 Å². The first-order valence-electron chi connectivity index (χ1n) is 8.23. The third kappa shape index (κ3) is 6.28. The van der Waals surface area contributed by atoms with Crippen molar-refractivity contribution in [2.75, 3.05) is 23.8 Å². The van der Waals surface area contributed by atoms with E-state index in [1.807, 2.05) is 6.92 Å². The standard InChI is InChI=1S/C17H25N3O3/c1-2-5-16(21)19-13-6-3-7-14(12-13)20-17(22)18-10-9-15-8-4-11-23-15/h3,6-7,12,15H,2,4-5,8-11H2,1H3,(H,19,21)(H2,18,20,22)/t15-/m0/s1. The molecule has 0 saturated carbocycles. The van der Waals surface area contributed by atoms with E-state index >= 15 is 0 Å². The van der Waals surface area contributed by atoms with Crippen molar-refractivity contribution < 1.29 is 14.3 Å². The Labute approximate surface area is 137 Å². The number of hydrogen-bond donors (Lipinski definition) is 3. The van der Waals surface area contributed by atoms with Crippen LogP contribution in [-0.4, -0.2) is 31.2 Å². The zero-order chi connectivity index (χ0) is 16.5. The van der Waals surface area contributed by atoms with Crippen molar-refractivity contribution in [3.05, 3.63) is 24.3 Å². The first-order valence-corrected chi connectivity index (χ1v) is 8.23. The topological polar surface area (TPSA) is 79.5 Å². The molecule has 1 aliphatic rings. The Bertz CT molecular complexity index is 528. The van der Waals surface area contributed by atoms with Gasteiger partial charge in [0, 0.05) is 30.9 Å². The second-order valence-corrected chi connectivity index (χ2v) is 5.68. The molecule has 1 heterocycles. The Morgan fingerprint density at radius 1 is 1.26 bits per heavy atom. The van der Waals surface area contributed by atoms with Gasteiger partial charge in [0.25, 0.3) is 0 Å². The van der Waals surface area contributed by atoms with E-state index in [0.29, 0.717) is 24.3 Å². The lowest BCUT2D eigenvalue weighted by molar-refractivity contribution is -0.116. The van der Waals surface area contributed by atoms with E-state index in [2.05, 4.69) is 16.0 Å². The van der Waals surface area contributed by atoms with E-state index in [1.54, 1.807) is 24.3 Å². The Kier molecular flexibility index (Phi) is 6.87. The summed E-state index contributed by atoms with van der Waals surface area (Å²) in [5.74, 6) is -0.0225. The minimum absolute atomic E-state index is 0.0225. The van der Waals surface area contributed by atoms with Crippen LogP contribution in [-0.2, 0) is 9.53 Å². The van der Waals surface area contributed by atoms with Gasteiger partial charge in [-0.2, -0.15) is 0 Å². The molecule has 23 heavy (non-hydrogen) atoms. The summed E-state index contributed by atoms with van der Waals surface area (Å²) in [6.45, 7) is 3.37. The molecule has 1 saturated heterocycles. The first kappa shape index (κ1) is 17.3. The summed E-state index contributed by atoms with van der Waals surface area (Å²) < 4.78 is 5.51. The molecule has 1 aromatic carbocycles. The van der Waals surface area contributed by atoms with E-state index in [0.717, 1.165) is 32.3 Å². The molecule has 0 unspecified atom stereocenters. The second kappa shape index (κ2) is 9.15. The molecule has 3 N–H and O–H groups in total. The molecule has 1 fully saturated rings. The van der Waals surface area contributed by atoms with Crippen molar-refractivity contribution in [2.24, 2.45) is 0 Å². The molecular formula is C17H25N3O3. The molecule has 126 valence electrons. The Balaban J connectivity index is 1.75. The van der Waals surface area contributed by atoms with Crippen molar-refractivity contribution in [2.45, 2.75) is 45.1 Å². The van der Waals surface area contributed by atoms with Crippen molar-refractivity contribution >= 4 is 23.3 Å². The summed E-state index contributed by atoms with van der Waals surface area (Å²) in [5.41, 5.74) is 1.33. The van der Waals surface area contributed by atoms with Gasteiger partial charge in [-0.1, -0.05) is 13.0 Å². The quantitative estimate of drug-likeness (QED) is 0.722. The molecule has 6 nitrogen and oxygen atoms in total. The molecule has 1 aliphatic heterocycles. The van der Waals surface area contributed by atoms with Gasteiger partial charge >= 0.3 is 6.03 Å². The number of ether oxygens (including phenoxy) is 1. The molecule has 0 radical (unpaired) electrons. The normalized spacial score (nSPS) is 16.8. The Morgan fingerprint density at radius 3 is 2.74 bits per heavy atom. The fraction of sp³-hybridized carbons (Fsp3) is 0.529. The molecule has 1 aromatic rings. The predicted molar refractivity (Wildman–Crippen MR) is 90.6 cm³/mol. The van der Waals surface area contributed by atoms with Gasteiger partial charge in [-0.15, -0.1) is 0 Å². The van der Waals surface area contributed by atoms with Crippen molar-refractivity contribution in [1.29, 1.82) is 0 Å². The SMILES string of the molecule is CCCC(=O)Nc1cccc(NC(=O)NCC[C@@H]2CCCO2)c1. The summed E-state index contributed by atoms with van der Waals surface area (Å²) in [6.07, 6.45) is 4.57. The number of carbonyl (C=O) groups is 2. The van der Waals surface area contributed by atoms with Gasteiger partial charge in [-0.25, -0.2) is 4.79 Å². The molecule has 1 atom stereocenters. The average Bonchev–Trinajstić information content (AvgIpc) is 3.01. The first-order chi connectivity index (χ1) is 11.2. The fourth-order valence-corrected chi connectivity index (χ4v) is 2.52. The van der Waals surface area contributed by atoms with Crippen LogP contribution in [0.4, 0.5) is 16.2 Å². The number of rotatable bonds is 7. The number of anilines is 2. The highest BCUT2D eigenvalue weighted by Crippen LogP contribution is 2.16. The third-order valence-electron chi connectivity index (χ3n) is 3.66. The zero-order valence-electron chi connectivity index (χ0n) is 13.6. The van der Waals surface area contributed by atoms with E-state index in [1.165, 1.54) is 0 Å². The van der Waals surface area contributed by atoms with Gasteiger partial charge in [-0.05, 0) is 43.9 Å². The fourth-order valence-electron chi connectivity index (χ4n) is 2.52. The Morgan fingerprint density at radius 2 is 2.04 bits per heavy atom.